The zero-order valence-electron chi connectivity index (χ0n) is 16.7. The molecule has 2 aromatic rings. The standard InChI is InChI=1S/C22H28N2O3S/c1-16-9-10-20(17(2)15-16)21(18-7-5-4-6-8-18)23-22(25)19-11-13-24(14-12-19)28(3,26)27/h4-10,15,19,21H,11-14H2,1-3H3,(H,23,25)/t21-/m0/s1. The Morgan fingerprint density at radius 1 is 1.07 bits per heavy atom. The number of carbonyl (C=O) groups is 1. The Morgan fingerprint density at radius 3 is 2.29 bits per heavy atom. The molecule has 2 aromatic carbocycles. The number of nitrogens with zero attached hydrogens (tertiary/aromatic N) is 1. The van der Waals surface area contributed by atoms with E-state index in [-0.39, 0.29) is 17.9 Å². The van der Waals surface area contributed by atoms with Crippen LogP contribution in [0.25, 0.3) is 0 Å². The number of carbonyl (C=O) groups excluding carboxylic acids is 1. The number of sulfonamides is 1. The van der Waals surface area contributed by atoms with Crippen LogP contribution in [0.15, 0.2) is 48.5 Å². The van der Waals surface area contributed by atoms with Gasteiger partial charge in [-0.1, -0.05) is 54.1 Å². The van der Waals surface area contributed by atoms with Crippen molar-refractivity contribution in [1.29, 1.82) is 0 Å². The van der Waals surface area contributed by atoms with E-state index in [9.17, 15) is 13.2 Å². The van der Waals surface area contributed by atoms with E-state index in [1.165, 1.54) is 16.1 Å². The molecule has 1 saturated heterocycles. The van der Waals surface area contributed by atoms with E-state index in [0.29, 0.717) is 25.9 Å². The van der Waals surface area contributed by atoms with Crippen molar-refractivity contribution < 1.29 is 13.2 Å². The molecule has 0 saturated carbocycles. The molecule has 150 valence electrons. The molecule has 1 heterocycles. The monoisotopic (exact) mass is 400 g/mol. The highest BCUT2D eigenvalue weighted by molar-refractivity contribution is 7.88. The summed E-state index contributed by atoms with van der Waals surface area (Å²) in [6.07, 6.45) is 2.32. The van der Waals surface area contributed by atoms with Gasteiger partial charge >= 0.3 is 0 Å². The van der Waals surface area contributed by atoms with Gasteiger partial charge in [-0.2, -0.15) is 0 Å². The molecule has 0 aromatic heterocycles. The van der Waals surface area contributed by atoms with Crippen LogP contribution in [0.1, 0.15) is 41.1 Å². The van der Waals surface area contributed by atoms with Crippen LogP contribution in [0.5, 0.6) is 0 Å². The van der Waals surface area contributed by atoms with Crippen molar-refractivity contribution in [3.8, 4) is 0 Å². The topological polar surface area (TPSA) is 66.5 Å². The fourth-order valence-corrected chi connectivity index (χ4v) is 4.72. The summed E-state index contributed by atoms with van der Waals surface area (Å²) in [5.41, 5.74) is 4.45. The van der Waals surface area contributed by atoms with Crippen molar-refractivity contribution in [3.05, 3.63) is 70.8 Å². The second-order valence-corrected chi connectivity index (χ2v) is 9.63. The molecule has 1 fully saturated rings. The molecule has 0 aliphatic carbocycles. The largest absolute Gasteiger partial charge is 0.345 e. The predicted octanol–water partition coefficient (Wildman–Crippen LogP) is 3.18. The summed E-state index contributed by atoms with van der Waals surface area (Å²) in [5, 5.41) is 3.23. The molecule has 5 nitrogen and oxygen atoms in total. The van der Waals surface area contributed by atoms with Crippen LogP contribution in [0.3, 0.4) is 0 Å². The molecule has 28 heavy (non-hydrogen) atoms. The first-order valence-corrected chi connectivity index (χ1v) is 11.5. The lowest BCUT2D eigenvalue weighted by Crippen LogP contribution is -2.43. The van der Waals surface area contributed by atoms with Crippen molar-refractivity contribution in [1.82, 2.24) is 9.62 Å². The molecule has 0 spiro atoms. The Morgan fingerprint density at radius 2 is 1.71 bits per heavy atom. The number of piperidine rings is 1. The number of aryl methyl sites for hydroxylation is 2. The normalized spacial score (nSPS) is 17.2. The smallest absolute Gasteiger partial charge is 0.223 e. The van der Waals surface area contributed by atoms with Crippen molar-refractivity contribution in [2.75, 3.05) is 19.3 Å². The highest BCUT2D eigenvalue weighted by atomic mass is 32.2. The lowest BCUT2D eigenvalue weighted by atomic mass is 9.91. The Hall–Kier alpha value is -2.18. The third-order valence-electron chi connectivity index (χ3n) is 5.45. The zero-order chi connectivity index (χ0) is 20.3. The Balaban J connectivity index is 1.80. The zero-order valence-corrected chi connectivity index (χ0v) is 17.5. The molecule has 6 heteroatoms. The Kier molecular flexibility index (Phi) is 6.20. The van der Waals surface area contributed by atoms with E-state index in [2.05, 4.69) is 37.4 Å². The lowest BCUT2D eigenvalue weighted by Gasteiger charge is -2.31. The third kappa shape index (κ3) is 4.80. The van der Waals surface area contributed by atoms with Crippen LogP contribution in [0.2, 0.25) is 0 Å². The van der Waals surface area contributed by atoms with Crippen molar-refractivity contribution in [2.24, 2.45) is 5.92 Å². The molecule has 1 amide bonds. The van der Waals surface area contributed by atoms with Crippen LogP contribution in [-0.2, 0) is 14.8 Å². The fourth-order valence-electron chi connectivity index (χ4n) is 3.85. The van der Waals surface area contributed by atoms with Crippen molar-refractivity contribution in [2.45, 2.75) is 32.7 Å². The Bertz CT molecular complexity index is 934. The maximum atomic E-state index is 13.0. The van der Waals surface area contributed by atoms with Crippen LogP contribution >= 0.6 is 0 Å². The molecular formula is C22H28N2O3S. The van der Waals surface area contributed by atoms with Crippen LogP contribution < -0.4 is 5.32 Å². The average Bonchev–Trinajstić information content (AvgIpc) is 2.66. The number of hydrogen-bond acceptors (Lipinski definition) is 3. The summed E-state index contributed by atoms with van der Waals surface area (Å²) in [6.45, 7) is 4.92. The highest BCUT2D eigenvalue weighted by Crippen LogP contribution is 2.27. The maximum Gasteiger partial charge on any atom is 0.223 e. The van der Waals surface area contributed by atoms with Gasteiger partial charge in [0.25, 0.3) is 0 Å². The van der Waals surface area contributed by atoms with E-state index in [0.717, 1.165) is 16.7 Å². The molecule has 1 aliphatic rings. The van der Waals surface area contributed by atoms with Gasteiger partial charge in [-0.3, -0.25) is 4.79 Å². The first-order chi connectivity index (χ1) is 13.3. The molecular weight excluding hydrogens is 372 g/mol. The van der Waals surface area contributed by atoms with Gasteiger partial charge in [0.1, 0.15) is 0 Å². The van der Waals surface area contributed by atoms with Gasteiger partial charge < -0.3 is 5.32 Å². The molecule has 1 N–H and O–H groups in total. The van der Waals surface area contributed by atoms with Gasteiger partial charge in [-0.15, -0.1) is 0 Å². The third-order valence-corrected chi connectivity index (χ3v) is 6.75. The number of amides is 1. The molecule has 1 atom stereocenters. The summed E-state index contributed by atoms with van der Waals surface area (Å²) < 4.78 is 24.9. The summed E-state index contributed by atoms with van der Waals surface area (Å²) >= 11 is 0. The van der Waals surface area contributed by atoms with Gasteiger partial charge in [0.05, 0.1) is 12.3 Å². The molecule has 0 bridgehead atoms. The van der Waals surface area contributed by atoms with Gasteiger partial charge in [-0.05, 0) is 43.4 Å². The maximum absolute atomic E-state index is 13.0. The average molecular weight is 401 g/mol. The van der Waals surface area contributed by atoms with Gasteiger partial charge in [-0.25, -0.2) is 12.7 Å². The summed E-state index contributed by atoms with van der Waals surface area (Å²) in [5.74, 6) is -0.183. The van der Waals surface area contributed by atoms with E-state index >= 15 is 0 Å². The molecule has 0 unspecified atom stereocenters. The number of nitrogens with one attached hydrogen (secondary N) is 1. The highest BCUT2D eigenvalue weighted by Gasteiger charge is 2.30. The number of rotatable bonds is 5. The summed E-state index contributed by atoms with van der Waals surface area (Å²) in [4.78, 5) is 13.0. The van der Waals surface area contributed by atoms with Gasteiger partial charge in [0.15, 0.2) is 0 Å². The first-order valence-electron chi connectivity index (χ1n) is 9.63. The van der Waals surface area contributed by atoms with Crippen molar-refractivity contribution in [3.63, 3.8) is 0 Å². The number of benzene rings is 2. The molecule has 3 rings (SSSR count). The van der Waals surface area contributed by atoms with Gasteiger partial charge in [0, 0.05) is 19.0 Å². The minimum Gasteiger partial charge on any atom is -0.345 e. The van der Waals surface area contributed by atoms with Crippen molar-refractivity contribution >= 4 is 15.9 Å². The molecule has 1 aliphatic heterocycles. The lowest BCUT2D eigenvalue weighted by molar-refractivity contribution is -0.126. The summed E-state index contributed by atoms with van der Waals surface area (Å²) in [7, 11) is -3.19. The van der Waals surface area contributed by atoms with E-state index in [4.69, 9.17) is 0 Å². The fraction of sp³-hybridized carbons (Fsp3) is 0.409. The first kappa shape index (κ1) is 20.6. The Labute approximate surface area is 167 Å². The quantitative estimate of drug-likeness (QED) is 0.838. The second-order valence-electron chi connectivity index (χ2n) is 7.65. The molecule has 0 radical (unpaired) electrons. The van der Waals surface area contributed by atoms with Crippen LogP contribution in [0.4, 0.5) is 0 Å². The minimum absolute atomic E-state index is 0.0121. The van der Waals surface area contributed by atoms with Gasteiger partial charge in [0.2, 0.25) is 15.9 Å². The van der Waals surface area contributed by atoms with Crippen LogP contribution in [-0.4, -0.2) is 38.0 Å². The van der Waals surface area contributed by atoms with E-state index in [1.54, 1.807) is 0 Å². The van der Waals surface area contributed by atoms with E-state index < -0.39 is 10.0 Å². The summed E-state index contributed by atoms with van der Waals surface area (Å²) in [6, 6.07) is 16.0. The van der Waals surface area contributed by atoms with E-state index in [1.807, 2.05) is 30.3 Å². The van der Waals surface area contributed by atoms with Crippen LogP contribution in [0, 0.1) is 19.8 Å². The SMILES string of the molecule is Cc1ccc([C@@H](NC(=O)C2CCN(S(C)(=O)=O)CC2)c2ccccc2)c(C)c1. The second kappa shape index (κ2) is 8.45. The predicted molar refractivity (Wildman–Crippen MR) is 111 cm³/mol. The number of hydrogen-bond donors (Lipinski definition) is 1. The minimum atomic E-state index is -3.19.